The SMILES string of the molecule is CC(=O)c1c(O)c(C)c(O)c2c1OC1=CC(=O)C(=C(C)NCc3ccc(-c4nccs4)cc3)C(=O)C12C. The highest BCUT2D eigenvalue weighted by Gasteiger charge is 2.56. The van der Waals surface area contributed by atoms with Crippen molar-refractivity contribution in [3.8, 4) is 27.8 Å². The number of fused-ring (bicyclic) bond motifs is 3. The lowest BCUT2D eigenvalue weighted by Crippen LogP contribution is -2.41. The van der Waals surface area contributed by atoms with Gasteiger partial charge in [-0.3, -0.25) is 14.4 Å². The molecule has 0 fully saturated rings. The number of nitrogens with zero attached hydrogens (tertiary/aromatic N) is 1. The number of benzene rings is 2. The van der Waals surface area contributed by atoms with Gasteiger partial charge in [0.15, 0.2) is 17.3 Å². The van der Waals surface area contributed by atoms with Crippen LogP contribution in [-0.2, 0) is 21.5 Å². The molecular weight excluding hydrogens is 492 g/mol. The molecular formula is C28H24N2O6S. The van der Waals surface area contributed by atoms with Crippen LogP contribution in [-0.4, -0.2) is 32.5 Å². The van der Waals surface area contributed by atoms with E-state index in [0.29, 0.717) is 12.2 Å². The molecule has 5 rings (SSSR count). The zero-order valence-electron chi connectivity index (χ0n) is 20.6. The Morgan fingerprint density at radius 1 is 1.14 bits per heavy atom. The number of aromatic hydroxyl groups is 2. The highest BCUT2D eigenvalue weighted by molar-refractivity contribution is 7.13. The molecule has 0 saturated heterocycles. The summed E-state index contributed by atoms with van der Waals surface area (Å²) in [4.78, 5) is 43.5. The van der Waals surface area contributed by atoms with Crippen molar-refractivity contribution in [3.05, 3.63) is 81.2 Å². The average Bonchev–Trinajstić information content (AvgIpc) is 3.49. The van der Waals surface area contributed by atoms with Crippen LogP contribution in [0.2, 0.25) is 0 Å². The molecule has 37 heavy (non-hydrogen) atoms. The Hall–Kier alpha value is -4.24. The largest absolute Gasteiger partial charge is 0.507 e. The van der Waals surface area contributed by atoms with Crippen molar-refractivity contribution in [3.63, 3.8) is 0 Å². The van der Waals surface area contributed by atoms with Gasteiger partial charge in [0, 0.05) is 41.0 Å². The van der Waals surface area contributed by atoms with Crippen LogP contribution in [0.5, 0.6) is 17.2 Å². The summed E-state index contributed by atoms with van der Waals surface area (Å²) < 4.78 is 5.79. The second-order valence-corrected chi connectivity index (χ2v) is 10.2. The monoisotopic (exact) mass is 516 g/mol. The molecule has 0 bridgehead atoms. The number of aromatic nitrogens is 1. The number of carbonyl (C=O) groups is 3. The smallest absolute Gasteiger partial charge is 0.194 e. The molecule has 188 valence electrons. The van der Waals surface area contributed by atoms with Gasteiger partial charge in [-0.2, -0.15) is 0 Å². The number of hydrogen-bond acceptors (Lipinski definition) is 9. The lowest BCUT2D eigenvalue weighted by molar-refractivity contribution is -0.123. The lowest BCUT2D eigenvalue weighted by Gasteiger charge is -2.29. The minimum absolute atomic E-state index is 0.00891. The van der Waals surface area contributed by atoms with Crippen LogP contribution in [0.1, 0.15) is 47.8 Å². The molecule has 0 spiro atoms. The summed E-state index contributed by atoms with van der Waals surface area (Å²) in [6, 6.07) is 7.82. The number of nitrogens with one attached hydrogen (secondary N) is 1. The van der Waals surface area contributed by atoms with Gasteiger partial charge in [-0.1, -0.05) is 24.3 Å². The Morgan fingerprint density at radius 2 is 1.84 bits per heavy atom. The zero-order valence-corrected chi connectivity index (χ0v) is 21.4. The van der Waals surface area contributed by atoms with Gasteiger partial charge >= 0.3 is 0 Å². The van der Waals surface area contributed by atoms with E-state index in [9.17, 15) is 24.6 Å². The summed E-state index contributed by atoms with van der Waals surface area (Å²) in [5.41, 5.74) is 0.724. The summed E-state index contributed by atoms with van der Waals surface area (Å²) in [5.74, 6) is -2.46. The standard InChI is InChI=1S/C28H24N2O6S/c1-13-23(33)21(15(3)31)25-22(24(13)34)28(4)19(36-25)11-18(32)20(26(28)35)14(2)30-12-16-5-7-17(8-6-16)27-29-9-10-37-27/h5-11,30,33-34H,12H2,1-4H3. The normalized spacial score (nSPS) is 19.6. The first-order valence-corrected chi connectivity index (χ1v) is 12.5. The van der Waals surface area contributed by atoms with Crippen molar-refractivity contribution in [2.45, 2.75) is 39.7 Å². The minimum Gasteiger partial charge on any atom is -0.507 e. The molecule has 1 aliphatic carbocycles. The van der Waals surface area contributed by atoms with E-state index in [2.05, 4.69) is 10.3 Å². The number of Topliss-reactive ketones (excluding diaryl/α,β-unsaturated/α-hetero) is 2. The average molecular weight is 517 g/mol. The van der Waals surface area contributed by atoms with Crippen molar-refractivity contribution in [1.29, 1.82) is 0 Å². The van der Waals surface area contributed by atoms with E-state index >= 15 is 0 Å². The van der Waals surface area contributed by atoms with Gasteiger partial charge in [0.2, 0.25) is 0 Å². The van der Waals surface area contributed by atoms with Crippen LogP contribution < -0.4 is 10.1 Å². The fourth-order valence-electron chi connectivity index (χ4n) is 4.82. The molecule has 9 heteroatoms. The molecule has 1 atom stereocenters. The molecule has 2 aromatic carbocycles. The Kier molecular flexibility index (Phi) is 5.75. The Balaban J connectivity index is 1.50. The van der Waals surface area contributed by atoms with Gasteiger partial charge in [0.1, 0.15) is 39.0 Å². The third kappa shape index (κ3) is 3.65. The highest BCUT2D eigenvalue weighted by atomic mass is 32.1. The number of phenols is 2. The van der Waals surface area contributed by atoms with Crippen LogP contribution in [0.3, 0.4) is 0 Å². The van der Waals surface area contributed by atoms with E-state index < -0.39 is 28.5 Å². The van der Waals surface area contributed by atoms with E-state index in [0.717, 1.165) is 16.1 Å². The summed E-state index contributed by atoms with van der Waals surface area (Å²) >= 11 is 1.55. The first-order chi connectivity index (χ1) is 17.6. The molecule has 8 nitrogen and oxygen atoms in total. The number of thiazole rings is 1. The van der Waals surface area contributed by atoms with Crippen molar-refractivity contribution in [2.75, 3.05) is 0 Å². The van der Waals surface area contributed by atoms with Crippen molar-refractivity contribution in [1.82, 2.24) is 10.3 Å². The second kappa shape index (κ2) is 8.70. The summed E-state index contributed by atoms with van der Waals surface area (Å²) in [7, 11) is 0. The third-order valence-corrected chi connectivity index (χ3v) is 7.77. The predicted octanol–water partition coefficient (Wildman–Crippen LogP) is 4.48. The molecule has 3 aromatic rings. The van der Waals surface area contributed by atoms with Gasteiger partial charge < -0.3 is 20.3 Å². The fraction of sp³-hybridized carbons (Fsp3) is 0.214. The second-order valence-electron chi connectivity index (χ2n) is 9.27. The first-order valence-electron chi connectivity index (χ1n) is 11.6. The molecule has 2 aliphatic rings. The quantitative estimate of drug-likeness (QED) is 0.257. The molecule has 3 N–H and O–H groups in total. The maximum atomic E-state index is 13.9. The first kappa shape index (κ1) is 24.5. The van der Waals surface area contributed by atoms with Crippen LogP contribution in [0.25, 0.3) is 10.6 Å². The third-order valence-electron chi connectivity index (χ3n) is 6.95. The predicted molar refractivity (Wildman–Crippen MR) is 138 cm³/mol. The fourth-order valence-corrected chi connectivity index (χ4v) is 5.46. The zero-order chi connectivity index (χ0) is 26.6. The van der Waals surface area contributed by atoms with E-state index in [-0.39, 0.29) is 39.5 Å². The van der Waals surface area contributed by atoms with E-state index in [1.165, 1.54) is 19.9 Å². The van der Waals surface area contributed by atoms with E-state index in [1.807, 2.05) is 29.6 Å². The minimum atomic E-state index is -1.54. The van der Waals surface area contributed by atoms with Gasteiger partial charge in [-0.25, -0.2) is 4.98 Å². The van der Waals surface area contributed by atoms with Crippen LogP contribution >= 0.6 is 11.3 Å². The van der Waals surface area contributed by atoms with Crippen LogP contribution in [0.4, 0.5) is 0 Å². The number of phenolic OH excluding ortho intramolecular Hbond substituents is 2. The summed E-state index contributed by atoms with van der Waals surface area (Å²) in [6.45, 7) is 6.27. The molecule has 0 radical (unpaired) electrons. The van der Waals surface area contributed by atoms with Gasteiger partial charge in [0.05, 0.1) is 11.1 Å². The number of hydrogen-bond donors (Lipinski definition) is 3. The molecule has 1 unspecified atom stereocenters. The molecule has 0 saturated carbocycles. The van der Waals surface area contributed by atoms with Gasteiger partial charge in [-0.15, -0.1) is 11.3 Å². The number of ketones is 3. The number of ether oxygens (including phenoxy) is 1. The lowest BCUT2D eigenvalue weighted by atomic mass is 9.70. The number of rotatable bonds is 5. The molecule has 1 aromatic heterocycles. The van der Waals surface area contributed by atoms with Gasteiger partial charge in [0.25, 0.3) is 0 Å². The Labute approximate surface area is 216 Å². The summed E-state index contributed by atoms with van der Waals surface area (Å²) in [5, 5.41) is 27.4. The van der Waals surface area contributed by atoms with Crippen molar-refractivity contribution >= 4 is 28.7 Å². The topological polar surface area (TPSA) is 126 Å². The molecule has 2 heterocycles. The van der Waals surface area contributed by atoms with E-state index in [4.69, 9.17) is 4.74 Å². The Bertz CT molecular complexity index is 1550. The van der Waals surface area contributed by atoms with Crippen LogP contribution in [0.15, 0.2) is 58.9 Å². The van der Waals surface area contributed by atoms with Crippen molar-refractivity contribution in [2.24, 2.45) is 0 Å². The highest BCUT2D eigenvalue weighted by Crippen LogP contribution is 2.57. The maximum Gasteiger partial charge on any atom is 0.194 e. The number of allylic oxidation sites excluding steroid dienone is 4. The molecule has 1 aliphatic heterocycles. The summed E-state index contributed by atoms with van der Waals surface area (Å²) in [6.07, 6.45) is 2.96. The number of carbonyl (C=O) groups excluding carboxylic acids is 3. The maximum absolute atomic E-state index is 13.9. The Morgan fingerprint density at radius 3 is 2.46 bits per heavy atom. The van der Waals surface area contributed by atoms with Gasteiger partial charge in [-0.05, 0) is 33.3 Å². The van der Waals surface area contributed by atoms with Crippen LogP contribution in [0, 0.1) is 6.92 Å². The van der Waals surface area contributed by atoms with Crippen molar-refractivity contribution < 1.29 is 29.3 Å². The molecule has 0 amide bonds. The van der Waals surface area contributed by atoms with E-state index in [1.54, 1.807) is 31.4 Å².